The summed E-state index contributed by atoms with van der Waals surface area (Å²) in [7, 11) is 1.77. The first-order chi connectivity index (χ1) is 13.6. The van der Waals surface area contributed by atoms with Gasteiger partial charge in [0.15, 0.2) is 0 Å². The van der Waals surface area contributed by atoms with E-state index in [1.54, 1.807) is 7.05 Å². The highest BCUT2D eigenvalue weighted by atomic mass is 16.2. The van der Waals surface area contributed by atoms with Crippen molar-refractivity contribution in [1.29, 1.82) is 0 Å². The highest BCUT2D eigenvalue weighted by molar-refractivity contribution is 5.98. The number of para-hydroxylation sites is 1. The molecule has 1 saturated heterocycles. The molecule has 1 aliphatic heterocycles. The quantitative estimate of drug-likeness (QED) is 0.561. The largest absolute Gasteiger partial charge is 0.340 e. The van der Waals surface area contributed by atoms with Crippen LogP contribution < -0.4 is 5.32 Å². The maximum Gasteiger partial charge on any atom is 0.322 e. The number of rotatable bonds is 2. The summed E-state index contributed by atoms with van der Waals surface area (Å²) in [4.78, 5) is 24.6. The summed E-state index contributed by atoms with van der Waals surface area (Å²) in [5, 5.41) is 11.7. The van der Waals surface area contributed by atoms with Crippen molar-refractivity contribution in [2.24, 2.45) is 7.05 Å². The Bertz CT molecular complexity index is 1190. The molecule has 2 aromatic carbocycles. The van der Waals surface area contributed by atoms with E-state index in [9.17, 15) is 4.79 Å². The molecule has 28 heavy (non-hydrogen) atoms. The number of urea groups is 1. The van der Waals surface area contributed by atoms with Gasteiger partial charge in [-0.1, -0.05) is 18.2 Å². The number of amides is 2. The molecule has 4 aromatic rings. The number of hydrogen-bond donors (Lipinski definition) is 2. The van der Waals surface area contributed by atoms with Crippen LogP contribution in [0.5, 0.6) is 0 Å². The Morgan fingerprint density at radius 3 is 2.89 bits per heavy atom. The zero-order chi connectivity index (χ0) is 19.3. The van der Waals surface area contributed by atoms with Crippen molar-refractivity contribution in [3.05, 3.63) is 47.8 Å². The summed E-state index contributed by atoms with van der Waals surface area (Å²) in [6.07, 6.45) is 1.84. The number of aromatic amines is 1. The van der Waals surface area contributed by atoms with Gasteiger partial charge in [0.1, 0.15) is 16.9 Å². The van der Waals surface area contributed by atoms with Crippen molar-refractivity contribution in [1.82, 2.24) is 29.9 Å². The fraction of sp³-hybridized carbons (Fsp3) is 0.300. The van der Waals surface area contributed by atoms with Gasteiger partial charge in [-0.25, -0.2) is 9.78 Å². The predicted octanol–water partition coefficient (Wildman–Crippen LogP) is 3.52. The van der Waals surface area contributed by atoms with Crippen LogP contribution in [0, 0.1) is 6.92 Å². The number of imidazole rings is 1. The van der Waals surface area contributed by atoms with Crippen LogP contribution in [0.3, 0.4) is 0 Å². The van der Waals surface area contributed by atoms with Crippen LogP contribution in [0.4, 0.5) is 10.5 Å². The predicted molar refractivity (Wildman–Crippen MR) is 107 cm³/mol. The van der Waals surface area contributed by atoms with Crippen LogP contribution in [0.25, 0.3) is 22.1 Å². The third-order valence-corrected chi connectivity index (χ3v) is 5.32. The summed E-state index contributed by atoms with van der Waals surface area (Å²) < 4.78 is 0. The molecule has 0 spiro atoms. The molecule has 0 unspecified atom stereocenters. The molecule has 8 heteroatoms. The number of carbonyl (C=O) groups excluding carboxylic acids is 1. The second-order valence-corrected chi connectivity index (χ2v) is 7.24. The van der Waals surface area contributed by atoms with E-state index in [4.69, 9.17) is 4.98 Å². The summed E-state index contributed by atoms with van der Waals surface area (Å²) in [5.41, 5.74) is 5.21. The first kappa shape index (κ1) is 16.7. The van der Waals surface area contributed by atoms with Gasteiger partial charge in [0.25, 0.3) is 0 Å². The number of carbonyl (C=O) groups is 1. The molecular weight excluding hydrogens is 354 g/mol. The van der Waals surface area contributed by atoms with Gasteiger partial charge in [0.2, 0.25) is 0 Å². The molecule has 1 fully saturated rings. The van der Waals surface area contributed by atoms with Crippen molar-refractivity contribution < 1.29 is 4.79 Å². The van der Waals surface area contributed by atoms with E-state index in [1.807, 2.05) is 48.2 Å². The number of aryl methyl sites for hydroxylation is 2. The fourth-order valence-electron chi connectivity index (χ4n) is 3.97. The maximum atomic E-state index is 13.0. The third kappa shape index (κ3) is 2.69. The van der Waals surface area contributed by atoms with Gasteiger partial charge in [0.05, 0.1) is 22.8 Å². The lowest BCUT2D eigenvalue weighted by molar-refractivity contribution is 0.205. The van der Waals surface area contributed by atoms with E-state index >= 15 is 0 Å². The van der Waals surface area contributed by atoms with Gasteiger partial charge in [-0.05, 0) is 43.5 Å². The molecule has 5 rings (SSSR count). The number of likely N-dealkylation sites (tertiary alicyclic amines) is 1. The molecule has 1 aliphatic rings. The highest BCUT2D eigenvalue weighted by Crippen LogP contribution is 2.33. The fourth-order valence-corrected chi connectivity index (χ4v) is 3.97. The molecule has 2 N–H and O–H groups in total. The van der Waals surface area contributed by atoms with E-state index in [-0.39, 0.29) is 12.1 Å². The Morgan fingerprint density at radius 1 is 1.18 bits per heavy atom. The normalized spacial score (nSPS) is 16.9. The molecule has 0 saturated carbocycles. The molecule has 2 amide bonds. The van der Waals surface area contributed by atoms with E-state index in [0.29, 0.717) is 17.7 Å². The minimum atomic E-state index is -0.141. The van der Waals surface area contributed by atoms with Crippen LogP contribution in [0.15, 0.2) is 36.4 Å². The van der Waals surface area contributed by atoms with Crippen molar-refractivity contribution in [3.8, 4) is 0 Å². The van der Waals surface area contributed by atoms with Crippen molar-refractivity contribution in [3.63, 3.8) is 0 Å². The number of benzene rings is 2. The van der Waals surface area contributed by atoms with Crippen molar-refractivity contribution in [2.45, 2.75) is 25.8 Å². The lowest BCUT2D eigenvalue weighted by Crippen LogP contribution is -2.34. The van der Waals surface area contributed by atoms with Crippen molar-refractivity contribution in [2.75, 3.05) is 11.9 Å². The van der Waals surface area contributed by atoms with E-state index < -0.39 is 0 Å². The lowest BCUT2D eigenvalue weighted by Gasteiger charge is -2.23. The molecular formula is C20H21N7O. The standard InChI is InChI=1S/C20H21N7O/c1-12-6-3-7-13-17(12)23-19(21-13)16-10-5-11-27(16)20(28)22-14-8-4-9-15-18(14)25-26(2)24-15/h3-4,6-9,16H,5,10-11H2,1-2H3,(H,21,23)(H,22,28)/t16-/m1/s1. The lowest BCUT2D eigenvalue weighted by atomic mass is 10.2. The molecule has 0 aliphatic carbocycles. The number of anilines is 1. The summed E-state index contributed by atoms with van der Waals surface area (Å²) in [6, 6.07) is 11.5. The average Bonchev–Trinajstić information content (AvgIpc) is 3.38. The average molecular weight is 375 g/mol. The minimum Gasteiger partial charge on any atom is -0.340 e. The number of H-pyrrole nitrogens is 1. The smallest absolute Gasteiger partial charge is 0.322 e. The van der Waals surface area contributed by atoms with Gasteiger partial charge in [-0.3, -0.25) is 0 Å². The van der Waals surface area contributed by atoms with Gasteiger partial charge in [-0.15, -0.1) is 0 Å². The number of fused-ring (bicyclic) bond motifs is 2. The molecule has 1 atom stereocenters. The number of nitrogens with one attached hydrogen (secondary N) is 2. The van der Waals surface area contributed by atoms with Crippen LogP contribution in [-0.2, 0) is 7.05 Å². The van der Waals surface area contributed by atoms with Crippen LogP contribution >= 0.6 is 0 Å². The van der Waals surface area contributed by atoms with Crippen LogP contribution in [-0.4, -0.2) is 42.4 Å². The summed E-state index contributed by atoms with van der Waals surface area (Å²) >= 11 is 0. The topological polar surface area (TPSA) is 91.7 Å². The summed E-state index contributed by atoms with van der Waals surface area (Å²) in [5.74, 6) is 0.842. The van der Waals surface area contributed by atoms with Crippen molar-refractivity contribution >= 4 is 33.8 Å². The molecule has 3 heterocycles. The van der Waals surface area contributed by atoms with Gasteiger partial charge < -0.3 is 15.2 Å². The van der Waals surface area contributed by atoms with Crippen LogP contribution in [0.2, 0.25) is 0 Å². The Labute approximate surface area is 161 Å². The Kier molecular flexibility index (Phi) is 3.78. The number of aromatic nitrogens is 5. The highest BCUT2D eigenvalue weighted by Gasteiger charge is 2.32. The molecule has 8 nitrogen and oxygen atoms in total. The second-order valence-electron chi connectivity index (χ2n) is 7.24. The number of nitrogens with zero attached hydrogens (tertiary/aromatic N) is 5. The first-order valence-electron chi connectivity index (χ1n) is 9.43. The summed E-state index contributed by atoms with van der Waals surface area (Å²) in [6.45, 7) is 2.75. The van der Waals surface area contributed by atoms with Crippen LogP contribution in [0.1, 0.15) is 30.3 Å². The second kappa shape index (κ2) is 6.33. The van der Waals surface area contributed by atoms with Gasteiger partial charge >= 0.3 is 6.03 Å². The SMILES string of the molecule is Cc1cccc2[nH]c([C@H]3CCCN3C(=O)Nc3cccc4nn(C)nc34)nc12. The van der Waals surface area contributed by atoms with E-state index in [2.05, 4.69) is 20.5 Å². The van der Waals surface area contributed by atoms with E-state index in [1.165, 1.54) is 4.80 Å². The van der Waals surface area contributed by atoms with Gasteiger partial charge in [-0.2, -0.15) is 15.0 Å². The number of hydrogen-bond acceptors (Lipinski definition) is 4. The monoisotopic (exact) mass is 375 g/mol. The zero-order valence-electron chi connectivity index (χ0n) is 15.8. The first-order valence-corrected chi connectivity index (χ1v) is 9.43. The molecule has 0 bridgehead atoms. The minimum absolute atomic E-state index is 0.0622. The maximum absolute atomic E-state index is 13.0. The molecule has 2 aromatic heterocycles. The Balaban J connectivity index is 1.44. The zero-order valence-corrected chi connectivity index (χ0v) is 15.8. The molecule has 142 valence electrons. The molecule has 0 radical (unpaired) electrons. The Hall–Kier alpha value is -3.42. The van der Waals surface area contributed by atoms with E-state index in [0.717, 1.165) is 40.8 Å². The third-order valence-electron chi connectivity index (χ3n) is 5.32. The Morgan fingerprint density at radius 2 is 2.04 bits per heavy atom. The van der Waals surface area contributed by atoms with Gasteiger partial charge in [0, 0.05) is 13.6 Å².